The third kappa shape index (κ3) is 2.58. The summed E-state index contributed by atoms with van der Waals surface area (Å²) >= 11 is 0. The zero-order chi connectivity index (χ0) is 14.1. The van der Waals surface area contributed by atoms with E-state index >= 15 is 0 Å². The molecule has 0 aliphatic heterocycles. The zero-order valence-corrected chi connectivity index (χ0v) is 11.8. The number of anilines is 1. The van der Waals surface area contributed by atoms with Gasteiger partial charge in [-0.3, -0.25) is 0 Å². The number of aromatic nitrogens is 1. The molecule has 0 radical (unpaired) electrons. The van der Waals surface area contributed by atoms with Crippen molar-refractivity contribution >= 4 is 27.6 Å². The molecule has 20 heavy (non-hydrogen) atoms. The van der Waals surface area contributed by atoms with Gasteiger partial charge in [-0.25, -0.2) is 9.19 Å². The molecule has 3 rings (SSSR count). The fourth-order valence-corrected chi connectivity index (χ4v) is 3.02. The molecule has 0 saturated heterocycles. The molecule has 4 nitrogen and oxygen atoms in total. The number of oxazole rings is 1. The maximum atomic E-state index is 12.3. The SMILES string of the molecule is Cc1cccc(CS(=O)c2nc3ccc(N)cc3o2)c1. The van der Waals surface area contributed by atoms with Crippen LogP contribution in [0.25, 0.3) is 11.1 Å². The summed E-state index contributed by atoms with van der Waals surface area (Å²) in [6.45, 7) is 2.01. The summed E-state index contributed by atoms with van der Waals surface area (Å²) in [5.41, 5.74) is 9.68. The molecule has 3 aromatic rings. The number of rotatable bonds is 3. The number of nitrogen functional groups attached to an aromatic ring is 1. The number of hydrogen-bond donors (Lipinski definition) is 1. The Labute approximate surface area is 119 Å². The van der Waals surface area contributed by atoms with E-state index in [0.717, 1.165) is 11.1 Å². The molecule has 1 heterocycles. The van der Waals surface area contributed by atoms with Crippen LogP contribution < -0.4 is 5.73 Å². The minimum atomic E-state index is -1.30. The van der Waals surface area contributed by atoms with Gasteiger partial charge in [0.2, 0.25) is 0 Å². The molecule has 0 aliphatic rings. The number of benzene rings is 2. The van der Waals surface area contributed by atoms with Crippen LogP contribution in [0, 0.1) is 6.92 Å². The number of aryl methyl sites for hydroxylation is 1. The Balaban J connectivity index is 1.88. The Morgan fingerprint density at radius 2 is 2.10 bits per heavy atom. The van der Waals surface area contributed by atoms with Crippen molar-refractivity contribution in [3.8, 4) is 0 Å². The average Bonchev–Trinajstić information content (AvgIpc) is 2.81. The van der Waals surface area contributed by atoms with E-state index in [-0.39, 0.29) is 5.22 Å². The fourth-order valence-electron chi connectivity index (χ4n) is 2.03. The smallest absolute Gasteiger partial charge is 0.288 e. The highest BCUT2D eigenvalue weighted by Crippen LogP contribution is 2.21. The van der Waals surface area contributed by atoms with Gasteiger partial charge < -0.3 is 10.2 Å². The summed E-state index contributed by atoms with van der Waals surface area (Å²) in [6.07, 6.45) is 0. The van der Waals surface area contributed by atoms with Crippen molar-refractivity contribution in [1.29, 1.82) is 0 Å². The average molecular weight is 286 g/mol. The molecule has 1 atom stereocenters. The van der Waals surface area contributed by atoms with Gasteiger partial charge in [0.25, 0.3) is 5.22 Å². The first-order valence-electron chi connectivity index (χ1n) is 6.22. The Kier molecular flexibility index (Phi) is 3.28. The predicted octanol–water partition coefficient (Wildman–Crippen LogP) is 3.03. The second-order valence-electron chi connectivity index (χ2n) is 4.69. The summed E-state index contributed by atoms with van der Waals surface area (Å²) in [5, 5.41) is 0.243. The van der Waals surface area contributed by atoms with E-state index in [0.29, 0.717) is 22.5 Å². The van der Waals surface area contributed by atoms with Crippen LogP contribution in [0.3, 0.4) is 0 Å². The predicted molar refractivity (Wildman–Crippen MR) is 79.7 cm³/mol. The Bertz CT molecular complexity index is 795. The maximum Gasteiger partial charge on any atom is 0.288 e. The van der Waals surface area contributed by atoms with Crippen LogP contribution in [0.5, 0.6) is 0 Å². The first-order valence-corrected chi connectivity index (χ1v) is 7.54. The van der Waals surface area contributed by atoms with Gasteiger partial charge in [-0.1, -0.05) is 29.8 Å². The fraction of sp³-hybridized carbons (Fsp3) is 0.133. The number of nitrogens with zero attached hydrogens (tertiary/aromatic N) is 1. The third-order valence-electron chi connectivity index (χ3n) is 2.97. The molecular formula is C15H14N2O2S. The van der Waals surface area contributed by atoms with E-state index in [9.17, 15) is 4.21 Å². The highest BCUT2D eigenvalue weighted by Gasteiger charge is 2.13. The van der Waals surface area contributed by atoms with Crippen molar-refractivity contribution in [3.63, 3.8) is 0 Å². The molecule has 0 fully saturated rings. The Hall–Kier alpha value is -2.14. The van der Waals surface area contributed by atoms with Crippen molar-refractivity contribution in [2.24, 2.45) is 0 Å². The van der Waals surface area contributed by atoms with Gasteiger partial charge in [-0.05, 0) is 24.6 Å². The second-order valence-corrected chi connectivity index (χ2v) is 6.01. The lowest BCUT2D eigenvalue weighted by atomic mass is 10.2. The van der Waals surface area contributed by atoms with Gasteiger partial charge >= 0.3 is 0 Å². The van der Waals surface area contributed by atoms with Crippen LogP contribution in [0.1, 0.15) is 11.1 Å². The molecule has 5 heteroatoms. The van der Waals surface area contributed by atoms with Gasteiger partial charge in [0, 0.05) is 11.8 Å². The van der Waals surface area contributed by atoms with E-state index in [1.165, 1.54) is 0 Å². The molecule has 0 aliphatic carbocycles. The third-order valence-corrected chi connectivity index (χ3v) is 4.13. The molecule has 2 N–H and O–H groups in total. The summed E-state index contributed by atoms with van der Waals surface area (Å²) in [5.74, 6) is 0.393. The molecule has 0 bridgehead atoms. The van der Waals surface area contributed by atoms with Gasteiger partial charge in [0.15, 0.2) is 5.58 Å². The molecule has 0 spiro atoms. The lowest BCUT2D eigenvalue weighted by Crippen LogP contribution is -1.96. The van der Waals surface area contributed by atoms with Gasteiger partial charge in [0.05, 0.1) is 5.75 Å². The van der Waals surface area contributed by atoms with E-state index in [1.807, 2.05) is 31.2 Å². The highest BCUT2D eigenvalue weighted by atomic mass is 32.2. The van der Waals surface area contributed by atoms with Crippen LogP contribution in [-0.2, 0) is 16.6 Å². The van der Waals surface area contributed by atoms with Gasteiger partial charge in [0.1, 0.15) is 16.3 Å². The summed E-state index contributed by atoms with van der Waals surface area (Å²) in [6, 6.07) is 13.1. The minimum absolute atomic E-state index is 0.243. The lowest BCUT2D eigenvalue weighted by molar-refractivity contribution is 0.477. The molecule has 0 amide bonds. The van der Waals surface area contributed by atoms with Crippen LogP contribution >= 0.6 is 0 Å². The Morgan fingerprint density at radius 1 is 1.25 bits per heavy atom. The largest absolute Gasteiger partial charge is 0.430 e. The summed E-state index contributed by atoms with van der Waals surface area (Å²) in [7, 11) is -1.30. The van der Waals surface area contributed by atoms with E-state index in [1.54, 1.807) is 18.2 Å². The molecule has 1 unspecified atom stereocenters. The van der Waals surface area contributed by atoms with E-state index in [4.69, 9.17) is 10.2 Å². The van der Waals surface area contributed by atoms with Crippen molar-refractivity contribution in [2.75, 3.05) is 5.73 Å². The summed E-state index contributed by atoms with van der Waals surface area (Å²) in [4.78, 5) is 4.25. The quantitative estimate of drug-likeness (QED) is 0.751. The first kappa shape index (κ1) is 12.9. The molecule has 102 valence electrons. The van der Waals surface area contributed by atoms with Crippen molar-refractivity contribution in [1.82, 2.24) is 4.98 Å². The van der Waals surface area contributed by atoms with Gasteiger partial charge in [-0.2, -0.15) is 0 Å². The highest BCUT2D eigenvalue weighted by molar-refractivity contribution is 7.84. The number of fused-ring (bicyclic) bond motifs is 1. The summed E-state index contributed by atoms with van der Waals surface area (Å²) < 4.78 is 17.8. The second kappa shape index (κ2) is 5.09. The van der Waals surface area contributed by atoms with Crippen molar-refractivity contribution < 1.29 is 8.63 Å². The maximum absolute atomic E-state index is 12.3. The van der Waals surface area contributed by atoms with E-state index in [2.05, 4.69) is 4.98 Å². The van der Waals surface area contributed by atoms with Crippen molar-refractivity contribution in [2.45, 2.75) is 17.9 Å². The molecular weight excluding hydrogens is 272 g/mol. The van der Waals surface area contributed by atoms with Crippen molar-refractivity contribution in [3.05, 3.63) is 53.6 Å². The normalized spacial score (nSPS) is 12.7. The number of nitrogens with two attached hydrogens (primary N) is 1. The number of hydrogen-bond acceptors (Lipinski definition) is 4. The van der Waals surface area contributed by atoms with Crippen LogP contribution in [0.15, 0.2) is 52.1 Å². The van der Waals surface area contributed by atoms with Crippen LogP contribution in [0.4, 0.5) is 5.69 Å². The van der Waals surface area contributed by atoms with E-state index < -0.39 is 10.8 Å². The van der Waals surface area contributed by atoms with Gasteiger partial charge in [-0.15, -0.1) is 0 Å². The Morgan fingerprint density at radius 3 is 2.90 bits per heavy atom. The molecule has 2 aromatic carbocycles. The topological polar surface area (TPSA) is 69.1 Å². The standard InChI is InChI=1S/C15H14N2O2S/c1-10-3-2-4-11(7-10)9-20(18)15-17-13-6-5-12(16)8-14(13)19-15/h2-8H,9,16H2,1H3. The monoisotopic (exact) mass is 286 g/mol. The van der Waals surface area contributed by atoms with Crippen LogP contribution in [0.2, 0.25) is 0 Å². The zero-order valence-electron chi connectivity index (χ0n) is 11.0. The first-order chi connectivity index (χ1) is 9.61. The van der Waals surface area contributed by atoms with Crippen LogP contribution in [-0.4, -0.2) is 9.19 Å². The minimum Gasteiger partial charge on any atom is -0.430 e. The lowest BCUT2D eigenvalue weighted by Gasteiger charge is -2.00. The molecule has 1 aromatic heterocycles. The molecule has 0 saturated carbocycles.